The van der Waals surface area contributed by atoms with Gasteiger partial charge in [0.1, 0.15) is 0 Å². The number of hydrogen-bond donors (Lipinski definition) is 2. The van der Waals surface area contributed by atoms with Gasteiger partial charge in [0, 0.05) is 7.05 Å². The SMILES string of the molecule is CNC(=S)Nc1c(C)nn(-c2ccccc2)c1C. The van der Waals surface area contributed by atoms with E-state index >= 15 is 0 Å². The summed E-state index contributed by atoms with van der Waals surface area (Å²) < 4.78 is 1.91. The molecule has 0 amide bonds. The molecule has 94 valence electrons. The second-order valence-electron chi connectivity index (χ2n) is 4.00. The highest BCUT2D eigenvalue weighted by atomic mass is 32.1. The molecule has 2 N–H and O–H groups in total. The van der Waals surface area contributed by atoms with Crippen molar-refractivity contribution in [2.75, 3.05) is 12.4 Å². The lowest BCUT2D eigenvalue weighted by Gasteiger charge is -2.08. The standard InChI is InChI=1S/C13H16N4S/c1-9-12(15-13(18)14-3)10(2)17(16-9)11-7-5-4-6-8-11/h4-8H,1-3H3,(H2,14,15,18). The molecule has 2 rings (SSSR count). The molecule has 0 atom stereocenters. The minimum atomic E-state index is 0.591. The van der Waals surface area contributed by atoms with Crippen LogP contribution in [-0.4, -0.2) is 21.9 Å². The van der Waals surface area contributed by atoms with Crippen molar-refractivity contribution in [3.63, 3.8) is 0 Å². The van der Waals surface area contributed by atoms with Crippen LogP contribution in [0, 0.1) is 13.8 Å². The number of aromatic nitrogens is 2. The Hall–Kier alpha value is -1.88. The monoisotopic (exact) mass is 260 g/mol. The molecule has 2 aromatic rings. The lowest BCUT2D eigenvalue weighted by molar-refractivity contribution is 0.834. The van der Waals surface area contributed by atoms with Crippen molar-refractivity contribution in [2.24, 2.45) is 0 Å². The third-order valence-corrected chi connectivity index (χ3v) is 3.06. The van der Waals surface area contributed by atoms with Crippen LogP contribution in [-0.2, 0) is 0 Å². The van der Waals surface area contributed by atoms with E-state index in [1.54, 1.807) is 7.05 Å². The lowest BCUT2D eigenvalue weighted by atomic mass is 10.3. The van der Waals surface area contributed by atoms with Crippen molar-refractivity contribution in [3.8, 4) is 5.69 Å². The molecule has 0 unspecified atom stereocenters. The van der Waals surface area contributed by atoms with Crippen molar-refractivity contribution in [3.05, 3.63) is 41.7 Å². The van der Waals surface area contributed by atoms with Crippen molar-refractivity contribution in [1.29, 1.82) is 0 Å². The van der Waals surface area contributed by atoms with Crippen molar-refractivity contribution in [2.45, 2.75) is 13.8 Å². The fourth-order valence-corrected chi connectivity index (χ4v) is 1.92. The van der Waals surface area contributed by atoms with Crippen LogP contribution in [0.4, 0.5) is 5.69 Å². The van der Waals surface area contributed by atoms with E-state index in [0.29, 0.717) is 5.11 Å². The molecule has 0 fully saturated rings. The highest BCUT2D eigenvalue weighted by Crippen LogP contribution is 2.22. The fraction of sp³-hybridized carbons (Fsp3) is 0.231. The summed E-state index contributed by atoms with van der Waals surface area (Å²) in [7, 11) is 1.79. The Bertz CT molecular complexity index is 560. The number of hydrogen-bond acceptors (Lipinski definition) is 2. The molecule has 1 heterocycles. The number of thiocarbonyl (C=S) groups is 1. The Morgan fingerprint density at radius 3 is 2.50 bits per heavy atom. The third kappa shape index (κ3) is 2.36. The number of rotatable bonds is 2. The van der Waals surface area contributed by atoms with Gasteiger partial charge in [0.05, 0.1) is 22.8 Å². The van der Waals surface area contributed by atoms with E-state index in [0.717, 1.165) is 22.8 Å². The van der Waals surface area contributed by atoms with Gasteiger partial charge in [0.25, 0.3) is 0 Å². The molecular weight excluding hydrogens is 244 g/mol. The van der Waals surface area contributed by atoms with E-state index in [2.05, 4.69) is 15.7 Å². The minimum Gasteiger partial charge on any atom is -0.366 e. The third-order valence-electron chi connectivity index (χ3n) is 2.76. The van der Waals surface area contributed by atoms with Crippen LogP contribution in [0.2, 0.25) is 0 Å². The van der Waals surface area contributed by atoms with E-state index in [1.807, 2.05) is 48.9 Å². The summed E-state index contributed by atoms with van der Waals surface area (Å²) in [6.45, 7) is 3.99. The molecule has 4 nitrogen and oxygen atoms in total. The molecule has 0 radical (unpaired) electrons. The first-order valence-corrected chi connectivity index (χ1v) is 6.14. The Morgan fingerprint density at radius 1 is 1.22 bits per heavy atom. The zero-order valence-corrected chi connectivity index (χ0v) is 11.5. The van der Waals surface area contributed by atoms with Gasteiger partial charge in [-0.05, 0) is 38.2 Å². The average Bonchev–Trinajstić information content (AvgIpc) is 2.67. The van der Waals surface area contributed by atoms with Gasteiger partial charge < -0.3 is 10.6 Å². The van der Waals surface area contributed by atoms with Crippen LogP contribution < -0.4 is 10.6 Å². The van der Waals surface area contributed by atoms with Crippen LogP contribution in [0.25, 0.3) is 5.69 Å². The Balaban J connectivity index is 2.41. The maximum absolute atomic E-state index is 5.12. The van der Waals surface area contributed by atoms with Crippen molar-refractivity contribution < 1.29 is 0 Å². The molecule has 0 saturated carbocycles. The van der Waals surface area contributed by atoms with Gasteiger partial charge >= 0.3 is 0 Å². The maximum atomic E-state index is 5.12. The first kappa shape index (κ1) is 12.6. The molecule has 1 aromatic heterocycles. The summed E-state index contributed by atoms with van der Waals surface area (Å²) in [4.78, 5) is 0. The summed E-state index contributed by atoms with van der Waals surface area (Å²) in [6, 6.07) is 10.0. The largest absolute Gasteiger partial charge is 0.366 e. The number of anilines is 1. The van der Waals surface area contributed by atoms with Crippen LogP contribution in [0.3, 0.4) is 0 Å². The number of nitrogens with one attached hydrogen (secondary N) is 2. The van der Waals surface area contributed by atoms with Gasteiger partial charge in [-0.25, -0.2) is 4.68 Å². The summed E-state index contributed by atoms with van der Waals surface area (Å²) in [6.07, 6.45) is 0. The predicted octanol–water partition coefficient (Wildman–Crippen LogP) is 2.41. The van der Waals surface area contributed by atoms with Gasteiger partial charge in [-0.15, -0.1) is 0 Å². The van der Waals surface area contributed by atoms with E-state index in [1.165, 1.54) is 0 Å². The first-order valence-electron chi connectivity index (χ1n) is 5.74. The average molecular weight is 260 g/mol. The van der Waals surface area contributed by atoms with E-state index < -0.39 is 0 Å². The molecule has 5 heteroatoms. The van der Waals surface area contributed by atoms with Crippen LogP contribution >= 0.6 is 12.2 Å². The summed E-state index contributed by atoms with van der Waals surface area (Å²) >= 11 is 5.12. The van der Waals surface area contributed by atoms with Crippen LogP contribution in [0.15, 0.2) is 30.3 Å². The molecular formula is C13H16N4S. The zero-order chi connectivity index (χ0) is 13.1. The first-order chi connectivity index (χ1) is 8.63. The van der Waals surface area contributed by atoms with Gasteiger partial charge in [-0.1, -0.05) is 18.2 Å². The smallest absolute Gasteiger partial charge is 0.170 e. The second-order valence-corrected chi connectivity index (χ2v) is 4.41. The number of para-hydroxylation sites is 1. The summed E-state index contributed by atoms with van der Waals surface area (Å²) in [5.41, 5.74) is 3.96. The molecule has 0 bridgehead atoms. The van der Waals surface area contributed by atoms with E-state index in [4.69, 9.17) is 12.2 Å². The molecule has 0 aliphatic heterocycles. The molecule has 0 spiro atoms. The summed E-state index contributed by atoms with van der Waals surface area (Å²) in [5, 5.41) is 11.2. The van der Waals surface area contributed by atoms with Crippen molar-refractivity contribution >= 4 is 23.0 Å². The maximum Gasteiger partial charge on any atom is 0.170 e. The molecule has 0 aliphatic rings. The highest BCUT2D eigenvalue weighted by Gasteiger charge is 2.13. The summed E-state index contributed by atoms with van der Waals surface area (Å²) in [5.74, 6) is 0. The normalized spacial score (nSPS) is 10.2. The quantitative estimate of drug-likeness (QED) is 0.814. The number of nitrogens with zero attached hydrogens (tertiary/aromatic N) is 2. The van der Waals surface area contributed by atoms with Crippen LogP contribution in [0.5, 0.6) is 0 Å². The molecule has 0 aliphatic carbocycles. The van der Waals surface area contributed by atoms with Gasteiger partial charge in [-0.2, -0.15) is 5.10 Å². The second kappa shape index (κ2) is 5.18. The fourth-order valence-electron chi connectivity index (χ4n) is 1.82. The molecule has 0 saturated heterocycles. The van der Waals surface area contributed by atoms with Crippen molar-refractivity contribution in [1.82, 2.24) is 15.1 Å². The van der Waals surface area contributed by atoms with Gasteiger partial charge in [-0.3, -0.25) is 0 Å². The van der Waals surface area contributed by atoms with Gasteiger partial charge in [0.15, 0.2) is 5.11 Å². The van der Waals surface area contributed by atoms with E-state index in [9.17, 15) is 0 Å². The highest BCUT2D eigenvalue weighted by molar-refractivity contribution is 7.80. The Morgan fingerprint density at radius 2 is 1.89 bits per heavy atom. The Kier molecular flexibility index (Phi) is 3.62. The molecule has 1 aromatic carbocycles. The van der Waals surface area contributed by atoms with Crippen LogP contribution in [0.1, 0.15) is 11.4 Å². The lowest BCUT2D eigenvalue weighted by Crippen LogP contribution is -2.24. The zero-order valence-electron chi connectivity index (χ0n) is 10.7. The minimum absolute atomic E-state index is 0.591. The number of aryl methyl sites for hydroxylation is 1. The Labute approximate surface area is 112 Å². The predicted molar refractivity (Wildman–Crippen MR) is 78.3 cm³/mol. The number of benzene rings is 1. The molecule has 18 heavy (non-hydrogen) atoms. The van der Waals surface area contributed by atoms with Gasteiger partial charge in [0.2, 0.25) is 0 Å². The van der Waals surface area contributed by atoms with E-state index in [-0.39, 0.29) is 0 Å². The topological polar surface area (TPSA) is 41.9 Å².